The molecule has 0 aliphatic carbocycles. The second-order valence-corrected chi connectivity index (χ2v) is 7.44. The van der Waals surface area contributed by atoms with Crippen LogP contribution in [-0.4, -0.2) is 33.4 Å². The molecule has 2 heterocycles. The maximum Gasteiger partial charge on any atom is 0.253 e. The molecule has 1 aliphatic heterocycles. The van der Waals surface area contributed by atoms with E-state index in [1.807, 2.05) is 48.4 Å². The van der Waals surface area contributed by atoms with Crippen molar-refractivity contribution < 1.29 is 4.79 Å². The van der Waals surface area contributed by atoms with Gasteiger partial charge in [0.2, 0.25) is 0 Å². The lowest BCUT2D eigenvalue weighted by molar-refractivity contribution is 0.0790. The molecule has 4 nitrogen and oxygen atoms in total. The van der Waals surface area contributed by atoms with Crippen molar-refractivity contribution in [2.24, 2.45) is 0 Å². The molecule has 1 fully saturated rings. The van der Waals surface area contributed by atoms with Crippen LogP contribution < -0.4 is 0 Å². The van der Waals surface area contributed by atoms with E-state index in [0.717, 1.165) is 48.7 Å². The first-order valence-electron chi connectivity index (χ1n) is 9.53. The molecule has 0 spiro atoms. The average Bonchev–Trinajstić information content (AvgIpc) is 3.30. The molecule has 1 amide bonds. The van der Waals surface area contributed by atoms with E-state index in [-0.39, 0.29) is 11.8 Å². The van der Waals surface area contributed by atoms with Crippen LogP contribution in [0.3, 0.4) is 0 Å². The maximum atomic E-state index is 12.9. The molecule has 3 aromatic rings. The molecule has 138 valence electrons. The molecule has 0 saturated carbocycles. The molecule has 0 radical (unpaired) electrons. The van der Waals surface area contributed by atoms with Gasteiger partial charge in [-0.2, -0.15) is 0 Å². The van der Waals surface area contributed by atoms with Crippen molar-refractivity contribution in [3.63, 3.8) is 0 Å². The Balaban J connectivity index is 1.52. The number of hydrogen-bond donors (Lipinski definition) is 0. The molecule has 2 aromatic carbocycles. The lowest BCUT2D eigenvalue weighted by atomic mass is 10.1. The van der Waals surface area contributed by atoms with E-state index in [4.69, 9.17) is 4.98 Å². The number of nitrogens with zero attached hydrogens (tertiary/aromatic N) is 3. The number of hydrogen-bond acceptors (Lipinski definition) is 2. The lowest BCUT2D eigenvalue weighted by Gasteiger charge is -2.18. The van der Waals surface area contributed by atoms with E-state index in [2.05, 4.69) is 35.8 Å². The fraction of sp³-hybridized carbons (Fsp3) is 0.304. The third-order valence-electron chi connectivity index (χ3n) is 5.38. The molecule has 4 heteroatoms. The first-order chi connectivity index (χ1) is 13.1. The Hall–Kier alpha value is -2.88. The number of likely N-dealkylation sites (tertiary alicyclic amines) is 1. The smallest absolute Gasteiger partial charge is 0.253 e. The largest absolute Gasteiger partial charge is 0.338 e. The van der Waals surface area contributed by atoms with E-state index in [1.54, 1.807) is 0 Å². The molecule has 1 saturated heterocycles. The molecule has 1 unspecified atom stereocenters. The van der Waals surface area contributed by atoms with Gasteiger partial charge in [-0.1, -0.05) is 48.0 Å². The fourth-order valence-corrected chi connectivity index (χ4v) is 3.89. The maximum absolute atomic E-state index is 12.9. The number of imidazole rings is 1. The van der Waals surface area contributed by atoms with Crippen LogP contribution in [0.2, 0.25) is 0 Å². The molecule has 0 bridgehead atoms. The summed E-state index contributed by atoms with van der Waals surface area (Å²) in [6.45, 7) is 6.47. The van der Waals surface area contributed by atoms with Crippen LogP contribution >= 0.6 is 0 Å². The van der Waals surface area contributed by atoms with Crippen LogP contribution in [0.15, 0.2) is 60.8 Å². The number of rotatable bonds is 4. The number of aromatic nitrogens is 2. The summed E-state index contributed by atoms with van der Waals surface area (Å²) >= 11 is 0. The molecule has 1 aliphatic rings. The van der Waals surface area contributed by atoms with Gasteiger partial charge in [0.05, 0.1) is 0 Å². The van der Waals surface area contributed by atoms with Crippen molar-refractivity contribution in [3.8, 4) is 0 Å². The minimum atomic E-state index is 0.124. The second-order valence-electron chi connectivity index (χ2n) is 7.44. The van der Waals surface area contributed by atoms with Crippen molar-refractivity contribution in [1.29, 1.82) is 0 Å². The zero-order valence-electron chi connectivity index (χ0n) is 15.9. The minimum Gasteiger partial charge on any atom is -0.338 e. The van der Waals surface area contributed by atoms with E-state index >= 15 is 0 Å². The summed E-state index contributed by atoms with van der Waals surface area (Å²) < 4.78 is 2.29. The van der Waals surface area contributed by atoms with E-state index < -0.39 is 0 Å². The van der Waals surface area contributed by atoms with Crippen LogP contribution in [-0.2, 0) is 6.54 Å². The van der Waals surface area contributed by atoms with Crippen LogP contribution in [0.1, 0.15) is 45.3 Å². The van der Waals surface area contributed by atoms with Crippen molar-refractivity contribution in [2.75, 3.05) is 13.1 Å². The van der Waals surface area contributed by atoms with E-state index in [0.29, 0.717) is 0 Å². The van der Waals surface area contributed by atoms with Gasteiger partial charge in [-0.15, -0.1) is 0 Å². The topological polar surface area (TPSA) is 38.1 Å². The summed E-state index contributed by atoms with van der Waals surface area (Å²) in [5.41, 5.74) is 4.33. The fourth-order valence-electron chi connectivity index (χ4n) is 3.89. The molecular formula is C23H25N3O. The van der Waals surface area contributed by atoms with Gasteiger partial charge in [0, 0.05) is 43.0 Å². The zero-order chi connectivity index (χ0) is 18.8. The molecule has 4 rings (SSSR count). The van der Waals surface area contributed by atoms with Gasteiger partial charge in [-0.25, -0.2) is 4.98 Å². The van der Waals surface area contributed by atoms with Gasteiger partial charge in [0.1, 0.15) is 5.82 Å². The highest BCUT2D eigenvalue weighted by molar-refractivity contribution is 5.94. The number of carbonyl (C=O) groups is 1. The Bertz CT molecular complexity index is 945. The van der Waals surface area contributed by atoms with Crippen LogP contribution in [0, 0.1) is 13.8 Å². The number of carbonyl (C=O) groups excluding carboxylic acids is 1. The standard InChI is InChI=1S/C23H25N3O/c1-17-7-6-10-20(13-17)23(27)25-12-11-21(16-25)22-24-14-18(2)26(22)15-19-8-4-3-5-9-19/h3-10,13-14,21H,11-12,15-16H2,1-2H3. The van der Waals surface area contributed by atoms with Gasteiger partial charge in [0.25, 0.3) is 5.91 Å². The van der Waals surface area contributed by atoms with Crippen molar-refractivity contribution in [3.05, 3.63) is 89.0 Å². The highest BCUT2D eigenvalue weighted by atomic mass is 16.2. The SMILES string of the molecule is Cc1cccc(C(=O)N2CCC(c3ncc(C)n3Cc3ccccc3)C2)c1. The summed E-state index contributed by atoms with van der Waals surface area (Å²) in [5.74, 6) is 1.51. The Kier molecular flexibility index (Phi) is 4.80. The van der Waals surface area contributed by atoms with Crippen molar-refractivity contribution in [1.82, 2.24) is 14.5 Å². The number of amides is 1. The summed E-state index contributed by atoms with van der Waals surface area (Å²) in [6.07, 6.45) is 2.91. The van der Waals surface area contributed by atoms with Gasteiger partial charge < -0.3 is 9.47 Å². The van der Waals surface area contributed by atoms with Crippen LogP contribution in [0.25, 0.3) is 0 Å². The van der Waals surface area contributed by atoms with Crippen molar-refractivity contribution in [2.45, 2.75) is 32.7 Å². The predicted octanol–water partition coefficient (Wildman–Crippen LogP) is 4.18. The Morgan fingerprint density at radius 3 is 2.70 bits per heavy atom. The number of aryl methyl sites for hydroxylation is 2. The van der Waals surface area contributed by atoms with Gasteiger partial charge in [-0.3, -0.25) is 4.79 Å². The van der Waals surface area contributed by atoms with Crippen molar-refractivity contribution >= 4 is 5.91 Å². The molecule has 1 atom stereocenters. The summed E-state index contributed by atoms with van der Waals surface area (Å²) in [7, 11) is 0. The third kappa shape index (κ3) is 3.65. The van der Waals surface area contributed by atoms with E-state index in [1.165, 1.54) is 5.56 Å². The lowest BCUT2D eigenvalue weighted by Crippen LogP contribution is -2.28. The molecule has 27 heavy (non-hydrogen) atoms. The Morgan fingerprint density at radius 2 is 1.93 bits per heavy atom. The van der Waals surface area contributed by atoms with Crippen LogP contribution in [0.5, 0.6) is 0 Å². The first-order valence-corrected chi connectivity index (χ1v) is 9.53. The predicted molar refractivity (Wildman–Crippen MR) is 107 cm³/mol. The average molecular weight is 359 g/mol. The summed E-state index contributed by atoms with van der Waals surface area (Å²) in [6, 6.07) is 18.3. The second kappa shape index (κ2) is 7.39. The third-order valence-corrected chi connectivity index (χ3v) is 5.38. The molecular weight excluding hydrogens is 334 g/mol. The van der Waals surface area contributed by atoms with Gasteiger partial charge >= 0.3 is 0 Å². The van der Waals surface area contributed by atoms with Gasteiger partial charge in [0.15, 0.2) is 0 Å². The molecule has 1 aromatic heterocycles. The minimum absolute atomic E-state index is 0.124. The Morgan fingerprint density at radius 1 is 1.11 bits per heavy atom. The Labute approximate surface area is 160 Å². The monoisotopic (exact) mass is 359 g/mol. The number of benzene rings is 2. The van der Waals surface area contributed by atoms with E-state index in [9.17, 15) is 4.79 Å². The summed E-state index contributed by atoms with van der Waals surface area (Å²) in [5, 5.41) is 0. The molecule has 0 N–H and O–H groups in total. The summed E-state index contributed by atoms with van der Waals surface area (Å²) in [4.78, 5) is 19.5. The highest BCUT2D eigenvalue weighted by Gasteiger charge is 2.31. The van der Waals surface area contributed by atoms with Crippen LogP contribution in [0.4, 0.5) is 0 Å². The zero-order valence-corrected chi connectivity index (χ0v) is 15.9. The normalized spacial score (nSPS) is 16.7. The quantitative estimate of drug-likeness (QED) is 0.701. The highest BCUT2D eigenvalue weighted by Crippen LogP contribution is 2.28. The first kappa shape index (κ1) is 17.5. The van der Waals surface area contributed by atoms with Gasteiger partial charge in [-0.05, 0) is 38.0 Å².